The molecular formula is C21H20N6O3. The first kappa shape index (κ1) is 19.3. The first-order chi connectivity index (χ1) is 14.7. The summed E-state index contributed by atoms with van der Waals surface area (Å²) in [7, 11) is 3.02. The van der Waals surface area contributed by atoms with Gasteiger partial charge in [-0.1, -0.05) is 6.07 Å². The van der Waals surface area contributed by atoms with Gasteiger partial charge in [-0.15, -0.1) is 0 Å². The minimum atomic E-state index is -0.0826. The summed E-state index contributed by atoms with van der Waals surface area (Å²) >= 11 is 0. The molecular weight excluding hydrogens is 384 g/mol. The van der Waals surface area contributed by atoms with E-state index in [1.54, 1.807) is 30.8 Å². The Labute approximate surface area is 173 Å². The number of hydrogen-bond acceptors (Lipinski definition) is 9. The van der Waals surface area contributed by atoms with E-state index in [0.717, 1.165) is 5.69 Å². The molecule has 0 saturated carbocycles. The van der Waals surface area contributed by atoms with E-state index in [9.17, 15) is 0 Å². The molecule has 0 spiro atoms. The Morgan fingerprint density at radius 1 is 1.00 bits per heavy atom. The molecule has 9 heteroatoms. The van der Waals surface area contributed by atoms with Gasteiger partial charge in [0, 0.05) is 24.0 Å². The second-order valence-corrected chi connectivity index (χ2v) is 6.34. The fourth-order valence-electron chi connectivity index (χ4n) is 2.88. The minimum absolute atomic E-state index is 0.0826. The highest BCUT2D eigenvalue weighted by Crippen LogP contribution is 2.32. The lowest BCUT2D eigenvalue weighted by molar-refractivity contribution is 0.352. The van der Waals surface area contributed by atoms with Crippen molar-refractivity contribution in [3.8, 4) is 34.6 Å². The second-order valence-electron chi connectivity index (χ2n) is 6.34. The van der Waals surface area contributed by atoms with Crippen molar-refractivity contribution in [3.63, 3.8) is 0 Å². The van der Waals surface area contributed by atoms with Gasteiger partial charge < -0.3 is 19.2 Å². The normalized spacial score (nSPS) is 11.7. The Balaban J connectivity index is 1.75. The van der Waals surface area contributed by atoms with Crippen LogP contribution < -0.4 is 14.8 Å². The Hall–Kier alpha value is -4.01. The van der Waals surface area contributed by atoms with Gasteiger partial charge in [-0.2, -0.15) is 9.97 Å². The molecule has 0 aliphatic carbocycles. The summed E-state index contributed by atoms with van der Waals surface area (Å²) in [5.41, 5.74) is 2.66. The molecule has 30 heavy (non-hydrogen) atoms. The van der Waals surface area contributed by atoms with Crippen LogP contribution in [0, 0.1) is 0 Å². The maximum Gasteiger partial charge on any atom is 0.320 e. The van der Waals surface area contributed by atoms with Crippen molar-refractivity contribution in [2.75, 3.05) is 19.5 Å². The average molecular weight is 404 g/mol. The highest BCUT2D eigenvalue weighted by molar-refractivity contribution is 5.77. The predicted molar refractivity (Wildman–Crippen MR) is 110 cm³/mol. The molecule has 0 aliphatic rings. The van der Waals surface area contributed by atoms with Crippen molar-refractivity contribution < 1.29 is 13.9 Å². The van der Waals surface area contributed by atoms with Crippen molar-refractivity contribution in [3.05, 3.63) is 60.7 Å². The van der Waals surface area contributed by atoms with Crippen molar-refractivity contribution in [1.29, 1.82) is 0 Å². The summed E-state index contributed by atoms with van der Waals surface area (Å²) in [5, 5.41) is 3.28. The number of hydrogen-bond donors (Lipinski definition) is 1. The number of furan rings is 1. The summed E-state index contributed by atoms with van der Waals surface area (Å²) in [6, 6.07) is 11.2. The standard InChI is InChI=1S/C21H20N6O3/c1-13(15-7-4-5-9-22-15)24-20-23-12-14(19(27-20)17-8-6-10-30-17)16-11-18(28-2)26-21(25-16)29-3/h4-13H,1-3H3,(H,23,24,27). The third-order valence-corrected chi connectivity index (χ3v) is 4.37. The van der Waals surface area contributed by atoms with E-state index in [0.29, 0.717) is 34.5 Å². The van der Waals surface area contributed by atoms with Crippen LogP contribution in [0.15, 0.2) is 59.5 Å². The molecule has 1 N–H and O–H groups in total. The van der Waals surface area contributed by atoms with Gasteiger partial charge in [-0.05, 0) is 31.2 Å². The number of methoxy groups -OCH3 is 2. The van der Waals surface area contributed by atoms with Crippen LogP contribution in [-0.4, -0.2) is 39.1 Å². The molecule has 4 aromatic rings. The van der Waals surface area contributed by atoms with Crippen molar-refractivity contribution in [2.24, 2.45) is 0 Å². The first-order valence-electron chi connectivity index (χ1n) is 9.23. The zero-order valence-electron chi connectivity index (χ0n) is 16.7. The number of ether oxygens (including phenoxy) is 2. The fourth-order valence-corrected chi connectivity index (χ4v) is 2.88. The van der Waals surface area contributed by atoms with E-state index >= 15 is 0 Å². The summed E-state index contributed by atoms with van der Waals surface area (Å²) in [4.78, 5) is 22.1. The van der Waals surface area contributed by atoms with Gasteiger partial charge in [0.25, 0.3) is 0 Å². The molecule has 0 fully saturated rings. The number of nitrogens with zero attached hydrogens (tertiary/aromatic N) is 5. The topological polar surface area (TPSA) is 108 Å². The highest BCUT2D eigenvalue weighted by Gasteiger charge is 2.18. The van der Waals surface area contributed by atoms with Crippen molar-refractivity contribution in [1.82, 2.24) is 24.9 Å². The summed E-state index contributed by atoms with van der Waals surface area (Å²) in [6.07, 6.45) is 5.02. The van der Waals surface area contributed by atoms with Crippen LogP contribution >= 0.6 is 0 Å². The number of aromatic nitrogens is 5. The smallest absolute Gasteiger partial charge is 0.320 e. The number of nitrogens with one attached hydrogen (secondary N) is 1. The van der Waals surface area contributed by atoms with E-state index in [1.807, 2.05) is 31.2 Å². The number of pyridine rings is 1. The molecule has 0 saturated heterocycles. The van der Waals surface area contributed by atoms with Gasteiger partial charge in [-0.25, -0.2) is 9.97 Å². The van der Waals surface area contributed by atoms with Crippen molar-refractivity contribution >= 4 is 5.95 Å². The van der Waals surface area contributed by atoms with E-state index in [2.05, 4.69) is 30.2 Å². The van der Waals surface area contributed by atoms with Crippen LogP contribution in [-0.2, 0) is 0 Å². The molecule has 0 bridgehead atoms. The van der Waals surface area contributed by atoms with Crippen LogP contribution in [0.25, 0.3) is 22.7 Å². The molecule has 1 atom stereocenters. The fraction of sp³-hybridized carbons (Fsp3) is 0.190. The molecule has 9 nitrogen and oxygen atoms in total. The monoisotopic (exact) mass is 404 g/mol. The molecule has 4 heterocycles. The number of anilines is 1. The third-order valence-electron chi connectivity index (χ3n) is 4.37. The molecule has 0 amide bonds. The summed E-state index contributed by atoms with van der Waals surface area (Å²) in [6.45, 7) is 1.99. The SMILES string of the molecule is COc1cc(-c2cnc(NC(C)c3ccccn3)nc2-c2ccco2)nc(OC)n1. The van der Waals surface area contributed by atoms with Crippen LogP contribution in [0.5, 0.6) is 11.9 Å². The van der Waals surface area contributed by atoms with Crippen LogP contribution in [0.1, 0.15) is 18.7 Å². The quantitative estimate of drug-likeness (QED) is 0.492. The maximum atomic E-state index is 5.60. The first-order valence-corrected chi connectivity index (χ1v) is 9.23. The van der Waals surface area contributed by atoms with Gasteiger partial charge in [0.05, 0.1) is 37.9 Å². The Morgan fingerprint density at radius 2 is 1.90 bits per heavy atom. The van der Waals surface area contributed by atoms with Crippen LogP contribution in [0.4, 0.5) is 5.95 Å². The van der Waals surface area contributed by atoms with E-state index in [1.165, 1.54) is 14.2 Å². The van der Waals surface area contributed by atoms with E-state index in [4.69, 9.17) is 13.9 Å². The zero-order chi connectivity index (χ0) is 20.9. The lowest BCUT2D eigenvalue weighted by Crippen LogP contribution is -2.11. The Kier molecular flexibility index (Phi) is 5.51. The molecule has 0 aliphatic heterocycles. The average Bonchev–Trinajstić information content (AvgIpc) is 3.34. The largest absolute Gasteiger partial charge is 0.481 e. The molecule has 4 rings (SSSR count). The van der Waals surface area contributed by atoms with Gasteiger partial charge in [0.1, 0.15) is 5.69 Å². The van der Waals surface area contributed by atoms with E-state index in [-0.39, 0.29) is 12.1 Å². The Bertz CT molecular complexity index is 1100. The molecule has 4 aromatic heterocycles. The Morgan fingerprint density at radius 3 is 2.60 bits per heavy atom. The molecule has 0 radical (unpaired) electrons. The lowest BCUT2D eigenvalue weighted by atomic mass is 10.1. The van der Waals surface area contributed by atoms with Crippen LogP contribution in [0.3, 0.4) is 0 Å². The van der Waals surface area contributed by atoms with Crippen molar-refractivity contribution in [2.45, 2.75) is 13.0 Å². The third kappa shape index (κ3) is 4.04. The molecule has 1 unspecified atom stereocenters. The lowest BCUT2D eigenvalue weighted by Gasteiger charge is -2.15. The minimum Gasteiger partial charge on any atom is -0.481 e. The number of rotatable bonds is 7. The summed E-state index contributed by atoms with van der Waals surface area (Å²) in [5.74, 6) is 1.39. The zero-order valence-corrected chi connectivity index (χ0v) is 16.7. The van der Waals surface area contributed by atoms with Gasteiger partial charge in [0.2, 0.25) is 11.8 Å². The highest BCUT2D eigenvalue weighted by atomic mass is 16.5. The van der Waals surface area contributed by atoms with Gasteiger partial charge in [-0.3, -0.25) is 4.98 Å². The van der Waals surface area contributed by atoms with Crippen LogP contribution in [0.2, 0.25) is 0 Å². The molecule has 152 valence electrons. The van der Waals surface area contributed by atoms with Gasteiger partial charge >= 0.3 is 6.01 Å². The van der Waals surface area contributed by atoms with Gasteiger partial charge in [0.15, 0.2) is 5.76 Å². The maximum absolute atomic E-state index is 5.60. The predicted octanol–water partition coefficient (Wildman–Crippen LogP) is 3.78. The molecule has 0 aromatic carbocycles. The summed E-state index contributed by atoms with van der Waals surface area (Å²) < 4.78 is 16.1. The second kappa shape index (κ2) is 8.56. The van der Waals surface area contributed by atoms with E-state index < -0.39 is 0 Å².